The Balaban J connectivity index is 1.59. The molecule has 4 unspecified atom stereocenters. The van der Waals surface area contributed by atoms with Crippen molar-refractivity contribution in [1.29, 1.82) is 0 Å². The van der Waals surface area contributed by atoms with Crippen LogP contribution < -0.4 is 5.32 Å². The number of rotatable bonds is 6. The van der Waals surface area contributed by atoms with E-state index in [0.717, 1.165) is 36.3 Å². The number of amides is 1. The number of morpholine rings is 1. The number of ether oxygens (including phenoxy) is 3. The average molecular weight is 544 g/mol. The van der Waals surface area contributed by atoms with Crippen molar-refractivity contribution in [3.8, 4) is 0 Å². The first kappa shape index (κ1) is 26.6. The van der Waals surface area contributed by atoms with Crippen molar-refractivity contribution in [1.82, 2.24) is 4.90 Å². The van der Waals surface area contributed by atoms with E-state index in [2.05, 4.69) is 17.1 Å². The highest BCUT2D eigenvalue weighted by atomic mass is 35.6. The Morgan fingerprint density at radius 3 is 2.46 bits per heavy atom. The fraction of sp³-hybridized carbons (Fsp3) is 0.480. The number of carbonyl (C=O) groups is 1. The number of benzene rings is 2. The summed E-state index contributed by atoms with van der Waals surface area (Å²) in [5.41, 5.74) is 3.06. The molecule has 4 rings (SSSR count). The van der Waals surface area contributed by atoms with E-state index in [9.17, 15) is 9.90 Å². The summed E-state index contributed by atoms with van der Waals surface area (Å²) in [4.78, 5) is 14.5. The molecule has 1 amide bonds. The van der Waals surface area contributed by atoms with E-state index in [1.165, 1.54) is 0 Å². The van der Waals surface area contributed by atoms with Gasteiger partial charge in [-0.05, 0) is 23.3 Å². The van der Waals surface area contributed by atoms with Gasteiger partial charge in [0.2, 0.25) is 0 Å². The van der Waals surface area contributed by atoms with Crippen LogP contribution in [0.25, 0.3) is 0 Å². The quantitative estimate of drug-likeness (QED) is 0.518. The van der Waals surface area contributed by atoms with Crippen LogP contribution in [0.2, 0.25) is 0 Å². The molecule has 7 nitrogen and oxygen atoms in total. The van der Waals surface area contributed by atoms with Crippen molar-refractivity contribution in [2.75, 3.05) is 38.2 Å². The maximum atomic E-state index is 12.1. The molecule has 2 saturated heterocycles. The summed E-state index contributed by atoms with van der Waals surface area (Å²) < 4.78 is 16.4. The number of nitrogens with one attached hydrogen (secondary N) is 1. The highest BCUT2D eigenvalue weighted by Crippen LogP contribution is 2.42. The molecule has 4 atom stereocenters. The van der Waals surface area contributed by atoms with Crippen LogP contribution in [0.15, 0.2) is 48.5 Å². The first-order valence-electron chi connectivity index (χ1n) is 11.5. The lowest BCUT2D eigenvalue weighted by Crippen LogP contribution is -2.47. The third-order valence-corrected chi connectivity index (χ3v) is 6.85. The van der Waals surface area contributed by atoms with Crippen molar-refractivity contribution in [2.45, 2.75) is 35.8 Å². The standard InChI is InChI=1S/C25H29Cl3N2O5/c1-16-21(14-30-9-11-33-12-10-30)34-23(35-22(16)18-7-5-17(15-31)6-8-18)19-3-2-4-20(13-19)29-24(32)25(26,27)28/h2-8,13,16,21-23,31H,9-12,14-15H2,1H3,(H,29,32). The van der Waals surface area contributed by atoms with Crippen LogP contribution in [0, 0.1) is 5.92 Å². The van der Waals surface area contributed by atoms with Crippen LogP contribution in [0.3, 0.4) is 0 Å². The molecule has 2 N–H and O–H groups in total. The number of nitrogens with zero attached hydrogens (tertiary/aromatic N) is 1. The highest BCUT2D eigenvalue weighted by molar-refractivity contribution is 6.76. The van der Waals surface area contributed by atoms with Gasteiger partial charge in [-0.25, -0.2) is 0 Å². The lowest BCUT2D eigenvalue weighted by Gasteiger charge is -2.43. The minimum atomic E-state index is -2.07. The zero-order valence-electron chi connectivity index (χ0n) is 19.3. The number of aliphatic hydroxyl groups excluding tert-OH is 1. The van der Waals surface area contributed by atoms with Crippen molar-refractivity contribution < 1.29 is 24.1 Å². The van der Waals surface area contributed by atoms with E-state index in [-0.39, 0.29) is 24.7 Å². The molecule has 190 valence electrons. The van der Waals surface area contributed by atoms with Gasteiger partial charge in [-0.2, -0.15) is 0 Å². The number of anilines is 1. The largest absolute Gasteiger partial charge is 0.392 e. The molecule has 2 aliphatic rings. The Morgan fingerprint density at radius 1 is 1.09 bits per heavy atom. The molecule has 10 heteroatoms. The molecule has 2 aromatic rings. The Kier molecular flexibility index (Phi) is 8.94. The predicted molar refractivity (Wildman–Crippen MR) is 136 cm³/mol. The molecular weight excluding hydrogens is 515 g/mol. The third-order valence-electron chi connectivity index (χ3n) is 6.34. The monoisotopic (exact) mass is 542 g/mol. The number of hydrogen-bond acceptors (Lipinski definition) is 6. The second-order valence-corrected chi connectivity index (χ2v) is 11.1. The second-order valence-electron chi connectivity index (χ2n) is 8.81. The van der Waals surface area contributed by atoms with E-state index < -0.39 is 16.0 Å². The molecule has 2 aliphatic heterocycles. The van der Waals surface area contributed by atoms with Gasteiger partial charge >= 0.3 is 0 Å². The predicted octanol–water partition coefficient (Wildman–Crippen LogP) is 4.61. The molecule has 0 aromatic heterocycles. The van der Waals surface area contributed by atoms with E-state index in [4.69, 9.17) is 49.0 Å². The van der Waals surface area contributed by atoms with Gasteiger partial charge in [0.15, 0.2) is 6.29 Å². The second kappa shape index (κ2) is 11.8. The van der Waals surface area contributed by atoms with Gasteiger partial charge in [0.05, 0.1) is 32.0 Å². The number of carbonyl (C=O) groups excluding carboxylic acids is 1. The number of aliphatic hydroxyl groups is 1. The molecule has 2 aromatic carbocycles. The van der Waals surface area contributed by atoms with Crippen LogP contribution in [0.1, 0.15) is 36.0 Å². The van der Waals surface area contributed by atoms with E-state index >= 15 is 0 Å². The topological polar surface area (TPSA) is 80.3 Å². The maximum absolute atomic E-state index is 12.1. The highest BCUT2D eigenvalue weighted by Gasteiger charge is 2.39. The average Bonchev–Trinajstić information content (AvgIpc) is 2.85. The zero-order chi connectivity index (χ0) is 25.0. The molecular formula is C25H29Cl3N2O5. The van der Waals surface area contributed by atoms with Crippen LogP contribution >= 0.6 is 34.8 Å². The number of hydrogen-bond donors (Lipinski definition) is 2. The van der Waals surface area contributed by atoms with Crippen molar-refractivity contribution in [3.05, 3.63) is 65.2 Å². The van der Waals surface area contributed by atoms with E-state index in [0.29, 0.717) is 18.9 Å². The molecule has 0 bridgehead atoms. The van der Waals surface area contributed by atoms with Gasteiger partial charge in [0, 0.05) is 36.8 Å². The first-order chi connectivity index (χ1) is 16.7. The molecule has 2 heterocycles. The summed E-state index contributed by atoms with van der Waals surface area (Å²) in [7, 11) is 0. The van der Waals surface area contributed by atoms with Gasteiger partial charge in [0.1, 0.15) is 0 Å². The van der Waals surface area contributed by atoms with Crippen molar-refractivity contribution in [3.63, 3.8) is 0 Å². The number of alkyl halides is 3. The lowest BCUT2D eigenvalue weighted by atomic mass is 9.90. The minimum Gasteiger partial charge on any atom is -0.392 e. The summed E-state index contributed by atoms with van der Waals surface area (Å²) in [5, 5.41) is 12.0. The summed E-state index contributed by atoms with van der Waals surface area (Å²) >= 11 is 17.1. The van der Waals surface area contributed by atoms with Gasteiger partial charge in [0.25, 0.3) is 9.70 Å². The van der Waals surface area contributed by atoms with Crippen LogP contribution in [-0.2, 0) is 25.6 Å². The van der Waals surface area contributed by atoms with Crippen LogP contribution in [0.4, 0.5) is 5.69 Å². The van der Waals surface area contributed by atoms with Gasteiger partial charge in [-0.15, -0.1) is 0 Å². The molecule has 0 spiro atoms. The van der Waals surface area contributed by atoms with Gasteiger partial charge < -0.3 is 24.6 Å². The Labute approximate surface area is 220 Å². The minimum absolute atomic E-state index is 0.0144. The van der Waals surface area contributed by atoms with Crippen LogP contribution in [-0.4, -0.2) is 58.7 Å². The summed E-state index contributed by atoms with van der Waals surface area (Å²) in [6, 6.07) is 14.9. The van der Waals surface area contributed by atoms with Crippen LogP contribution in [0.5, 0.6) is 0 Å². The molecule has 0 saturated carbocycles. The van der Waals surface area contributed by atoms with E-state index in [1.54, 1.807) is 18.2 Å². The lowest BCUT2D eigenvalue weighted by molar-refractivity contribution is -0.277. The summed E-state index contributed by atoms with van der Waals surface area (Å²) in [5.74, 6) is -0.674. The van der Waals surface area contributed by atoms with Gasteiger partial charge in [-0.3, -0.25) is 9.69 Å². The summed E-state index contributed by atoms with van der Waals surface area (Å²) in [6.45, 7) is 5.98. The Morgan fingerprint density at radius 2 is 1.80 bits per heavy atom. The molecule has 35 heavy (non-hydrogen) atoms. The zero-order valence-corrected chi connectivity index (χ0v) is 21.6. The first-order valence-corrected chi connectivity index (χ1v) is 12.7. The molecule has 0 radical (unpaired) electrons. The van der Waals surface area contributed by atoms with Gasteiger partial charge in [-0.1, -0.05) is 78.1 Å². The maximum Gasteiger partial charge on any atom is 0.276 e. The smallest absolute Gasteiger partial charge is 0.276 e. The molecule has 0 aliphatic carbocycles. The Bertz CT molecular complexity index is 995. The normalized spacial score (nSPS) is 25.9. The summed E-state index contributed by atoms with van der Waals surface area (Å²) in [6.07, 6.45) is -0.995. The SMILES string of the molecule is CC1C(CN2CCOCC2)OC(c2cccc(NC(=O)C(Cl)(Cl)Cl)c2)OC1c1ccc(CO)cc1. The fourth-order valence-electron chi connectivity index (χ4n) is 4.33. The fourth-order valence-corrected chi connectivity index (χ4v) is 4.47. The third kappa shape index (κ3) is 6.87. The van der Waals surface area contributed by atoms with E-state index in [1.807, 2.05) is 30.3 Å². The Hall–Kier alpha value is -1.42. The number of halogens is 3. The van der Waals surface area contributed by atoms with Crippen molar-refractivity contribution >= 4 is 46.4 Å². The molecule has 2 fully saturated rings. The van der Waals surface area contributed by atoms with Crippen molar-refractivity contribution in [2.24, 2.45) is 5.92 Å².